The van der Waals surface area contributed by atoms with Gasteiger partial charge in [-0.1, -0.05) is 18.2 Å². The first-order valence-electron chi connectivity index (χ1n) is 7.11. The summed E-state index contributed by atoms with van der Waals surface area (Å²) in [5.74, 6) is 1.24. The van der Waals surface area contributed by atoms with Crippen LogP contribution in [-0.4, -0.2) is 14.1 Å². The molecule has 0 unspecified atom stereocenters. The minimum Gasteiger partial charge on any atom is -0.462 e. The topological polar surface area (TPSA) is 60.0 Å². The van der Waals surface area contributed by atoms with E-state index in [1.54, 1.807) is 19.1 Å². The van der Waals surface area contributed by atoms with Crippen molar-refractivity contribution in [1.82, 2.24) is 0 Å². The van der Waals surface area contributed by atoms with Crippen LogP contribution in [0, 0.1) is 22.7 Å². The Kier molecular flexibility index (Phi) is 7.29. The molecule has 24 heavy (non-hydrogen) atoms. The minimum absolute atomic E-state index is 0. The molecule has 1 aromatic carbocycles. The van der Waals surface area contributed by atoms with E-state index in [2.05, 4.69) is 0 Å². The second-order valence-electron chi connectivity index (χ2n) is 5.28. The average molecular weight is 431 g/mol. The van der Waals surface area contributed by atoms with Crippen LogP contribution in [0.3, 0.4) is 0 Å². The average Bonchev–Trinajstić information content (AvgIpc) is 2.54. The number of ether oxygens (including phenoxy) is 1. The first-order valence-corrected chi connectivity index (χ1v) is 7.11. The van der Waals surface area contributed by atoms with Gasteiger partial charge in [-0.25, -0.2) is 0 Å². The Morgan fingerprint density at radius 2 is 1.67 bits per heavy atom. The largest absolute Gasteiger partial charge is 0.462 e. The molecule has 0 radical (unpaired) electrons. The molecule has 0 saturated carbocycles. The van der Waals surface area contributed by atoms with E-state index in [1.165, 1.54) is 0 Å². The molecular weight excluding hydrogens is 413 g/mol. The molecular formula is C19H18IN3O. The van der Waals surface area contributed by atoms with Gasteiger partial charge >= 0.3 is 0 Å². The zero-order valence-corrected chi connectivity index (χ0v) is 16.1. The second-order valence-corrected chi connectivity index (χ2v) is 5.28. The lowest BCUT2D eigenvalue weighted by Crippen LogP contribution is -2.07. The molecule has 0 saturated heterocycles. The molecule has 1 aliphatic rings. The van der Waals surface area contributed by atoms with Crippen LogP contribution in [0.1, 0.15) is 12.5 Å². The summed E-state index contributed by atoms with van der Waals surface area (Å²) in [6.07, 6.45) is 7.14. The number of rotatable bonds is 3. The second kappa shape index (κ2) is 8.95. The van der Waals surface area contributed by atoms with Crippen molar-refractivity contribution in [1.29, 1.82) is 10.5 Å². The molecule has 0 bridgehead atoms. The van der Waals surface area contributed by atoms with Crippen molar-refractivity contribution in [3.05, 3.63) is 70.7 Å². The minimum atomic E-state index is 0. The maximum atomic E-state index is 8.98. The number of hydrogen-bond acceptors (Lipinski definition) is 4. The molecule has 1 aromatic rings. The van der Waals surface area contributed by atoms with Crippen LogP contribution in [-0.2, 0) is 4.74 Å². The maximum absolute atomic E-state index is 8.98. The monoisotopic (exact) mass is 431 g/mol. The first-order chi connectivity index (χ1) is 11.0. The molecule has 0 amide bonds. The molecule has 0 aliphatic carbocycles. The van der Waals surface area contributed by atoms with E-state index in [1.807, 2.05) is 67.6 Å². The Morgan fingerprint density at radius 3 is 2.21 bits per heavy atom. The zero-order chi connectivity index (χ0) is 16.8. The molecule has 0 N–H and O–H groups in total. The number of anilines is 1. The van der Waals surface area contributed by atoms with Gasteiger partial charge < -0.3 is 9.64 Å². The Labute approximate surface area is 159 Å². The van der Waals surface area contributed by atoms with Gasteiger partial charge in [0.05, 0.1) is 0 Å². The Morgan fingerprint density at radius 1 is 1.04 bits per heavy atom. The Balaban J connectivity index is 0.00000288. The van der Waals surface area contributed by atoms with Gasteiger partial charge in [0.25, 0.3) is 0 Å². The summed E-state index contributed by atoms with van der Waals surface area (Å²) < 4.78 is 5.61. The maximum Gasteiger partial charge on any atom is 0.137 e. The fourth-order valence-corrected chi connectivity index (χ4v) is 2.10. The molecule has 122 valence electrons. The van der Waals surface area contributed by atoms with Crippen molar-refractivity contribution >= 4 is 35.7 Å². The van der Waals surface area contributed by atoms with Gasteiger partial charge in [-0.2, -0.15) is 10.5 Å². The van der Waals surface area contributed by atoms with Gasteiger partial charge in [-0.05, 0) is 42.8 Å². The van der Waals surface area contributed by atoms with Crippen molar-refractivity contribution in [2.24, 2.45) is 0 Å². The van der Waals surface area contributed by atoms with E-state index >= 15 is 0 Å². The number of benzene rings is 1. The summed E-state index contributed by atoms with van der Waals surface area (Å²) in [5, 5.41) is 18.0. The van der Waals surface area contributed by atoms with Crippen molar-refractivity contribution in [2.75, 3.05) is 19.0 Å². The smallest absolute Gasteiger partial charge is 0.137 e. The number of nitriles is 2. The molecule has 0 spiro atoms. The predicted octanol–water partition coefficient (Wildman–Crippen LogP) is 4.55. The summed E-state index contributed by atoms with van der Waals surface area (Å²) >= 11 is 0. The molecule has 0 aromatic heterocycles. The highest BCUT2D eigenvalue weighted by Crippen LogP contribution is 2.23. The van der Waals surface area contributed by atoms with Gasteiger partial charge in [0.1, 0.15) is 29.2 Å². The zero-order valence-electron chi connectivity index (χ0n) is 13.8. The number of nitrogens with zero attached hydrogens (tertiary/aromatic N) is 3. The van der Waals surface area contributed by atoms with Gasteiger partial charge in [0.2, 0.25) is 0 Å². The van der Waals surface area contributed by atoms with Crippen LogP contribution in [0.4, 0.5) is 5.69 Å². The number of hydrogen-bond donors (Lipinski definition) is 0. The highest BCUT2D eigenvalue weighted by molar-refractivity contribution is 14.0. The normalized spacial score (nSPS) is 13.0. The standard InChI is InChI=1S/C19H17N3O.HI/c1-14-10-16(17(12-20)13-21)11-19(23-14)9-6-15-4-7-18(8-5-15)22(2)3;/h4-11H,1-3H3;1H. The molecule has 4 nitrogen and oxygen atoms in total. The quantitative estimate of drug-likeness (QED) is 0.521. The van der Waals surface area contributed by atoms with Crippen molar-refractivity contribution in [3.63, 3.8) is 0 Å². The van der Waals surface area contributed by atoms with E-state index in [-0.39, 0.29) is 29.5 Å². The lowest BCUT2D eigenvalue weighted by Gasteiger charge is -2.13. The van der Waals surface area contributed by atoms with E-state index in [0.717, 1.165) is 11.3 Å². The van der Waals surface area contributed by atoms with Crippen LogP contribution >= 0.6 is 24.0 Å². The Bertz CT molecular complexity index is 784. The molecule has 5 heteroatoms. The van der Waals surface area contributed by atoms with Crippen molar-refractivity contribution < 1.29 is 4.74 Å². The SMILES string of the molecule is CC1=CC(=C(C#N)C#N)C=C(C=Cc2ccc(N(C)C)cc2)O1.I. The van der Waals surface area contributed by atoms with Crippen LogP contribution in [0.25, 0.3) is 6.08 Å². The van der Waals surface area contributed by atoms with Gasteiger partial charge in [-0.15, -0.1) is 24.0 Å². The fraction of sp³-hybridized carbons (Fsp3) is 0.158. The van der Waals surface area contributed by atoms with Crippen LogP contribution in [0.2, 0.25) is 0 Å². The Hall–Kier alpha value is -2.51. The molecule has 1 aliphatic heterocycles. The third-order valence-corrected chi connectivity index (χ3v) is 3.30. The van der Waals surface area contributed by atoms with Crippen molar-refractivity contribution in [2.45, 2.75) is 6.92 Å². The molecule has 2 rings (SSSR count). The highest BCUT2D eigenvalue weighted by atomic mass is 127. The highest BCUT2D eigenvalue weighted by Gasteiger charge is 2.10. The van der Waals surface area contributed by atoms with Crippen LogP contribution in [0.15, 0.2) is 65.2 Å². The van der Waals surface area contributed by atoms with E-state index in [4.69, 9.17) is 15.3 Å². The summed E-state index contributed by atoms with van der Waals surface area (Å²) in [7, 11) is 3.99. The number of allylic oxidation sites excluding steroid dienone is 6. The lowest BCUT2D eigenvalue weighted by atomic mass is 10.1. The third kappa shape index (κ3) is 5.00. The summed E-state index contributed by atoms with van der Waals surface area (Å²) in [6.45, 7) is 1.79. The van der Waals surface area contributed by atoms with E-state index in [9.17, 15) is 0 Å². The summed E-state index contributed by atoms with van der Waals surface area (Å²) in [5.41, 5.74) is 2.82. The molecule has 1 heterocycles. The van der Waals surface area contributed by atoms with Crippen LogP contribution in [0.5, 0.6) is 0 Å². The summed E-state index contributed by atoms with van der Waals surface area (Å²) in [4.78, 5) is 2.04. The first kappa shape index (κ1) is 19.5. The van der Waals surface area contributed by atoms with Crippen LogP contribution < -0.4 is 4.90 Å². The van der Waals surface area contributed by atoms with Gasteiger partial charge in [-0.3, -0.25) is 0 Å². The van der Waals surface area contributed by atoms with Gasteiger partial charge in [0, 0.05) is 25.4 Å². The number of halogens is 1. The predicted molar refractivity (Wildman–Crippen MR) is 106 cm³/mol. The fourth-order valence-electron chi connectivity index (χ4n) is 2.10. The van der Waals surface area contributed by atoms with E-state index in [0.29, 0.717) is 17.1 Å². The molecule has 0 atom stereocenters. The van der Waals surface area contributed by atoms with Gasteiger partial charge in [0.15, 0.2) is 0 Å². The van der Waals surface area contributed by atoms with E-state index < -0.39 is 0 Å². The third-order valence-electron chi connectivity index (χ3n) is 3.30. The molecule has 0 fully saturated rings. The lowest BCUT2D eigenvalue weighted by molar-refractivity contribution is 0.318. The van der Waals surface area contributed by atoms with Crippen molar-refractivity contribution in [3.8, 4) is 12.1 Å². The summed E-state index contributed by atoms with van der Waals surface area (Å²) in [6, 6.07) is 11.9.